The zero-order valence-corrected chi connectivity index (χ0v) is 10.8. The largest absolute Gasteiger partial charge is 0.469 e. The fourth-order valence-electron chi connectivity index (χ4n) is 1.52. The fraction of sp³-hybridized carbons (Fsp3) is 0.417. The molecule has 0 bridgehead atoms. The van der Waals surface area contributed by atoms with Gasteiger partial charge in [0.2, 0.25) is 0 Å². The minimum Gasteiger partial charge on any atom is -0.469 e. The summed E-state index contributed by atoms with van der Waals surface area (Å²) in [6.45, 7) is -1.31. The van der Waals surface area contributed by atoms with Crippen LogP contribution in [0, 0.1) is 6.92 Å². The number of rotatable bonds is 5. The summed E-state index contributed by atoms with van der Waals surface area (Å²) in [5, 5.41) is 0. The molecule has 0 heterocycles. The fourth-order valence-corrected chi connectivity index (χ4v) is 1.67. The molecule has 1 aromatic carbocycles. The van der Waals surface area contributed by atoms with E-state index in [2.05, 4.69) is 9.47 Å². The van der Waals surface area contributed by atoms with Crippen molar-refractivity contribution < 1.29 is 23.0 Å². The van der Waals surface area contributed by atoms with Crippen molar-refractivity contribution in [3.63, 3.8) is 0 Å². The number of carbonyl (C=O) groups is 1. The van der Waals surface area contributed by atoms with Crippen LogP contribution in [0.15, 0.2) is 12.1 Å². The van der Waals surface area contributed by atoms with E-state index in [4.69, 9.17) is 11.6 Å². The first-order chi connectivity index (χ1) is 8.47. The molecule has 0 aromatic heterocycles. The Balaban J connectivity index is 3.11. The number of hydrogen-bond acceptors (Lipinski definition) is 3. The summed E-state index contributed by atoms with van der Waals surface area (Å²) in [5.74, 6) is -0.275. The van der Waals surface area contributed by atoms with Crippen LogP contribution in [0.1, 0.15) is 16.7 Å². The van der Waals surface area contributed by atoms with Gasteiger partial charge in [0.05, 0.1) is 13.5 Å². The van der Waals surface area contributed by atoms with Crippen molar-refractivity contribution in [1.82, 2.24) is 0 Å². The Morgan fingerprint density at radius 2 is 2.11 bits per heavy atom. The third-order valence-electron chi connectivity index (χ3n) is 2.46. The Bertz CT molecular complexity index is 436. The van der Waals surface area contributed by atoms with E-state index in [1.165, 1.54) is 13.2 Å². The van der Waals surface area contributed by atoms with E-state index in [1.54, 1.807) is 13.0 Å². The van der Waals surface area contributed by atoms with Gasteiger partial charge in [-0.2, -0.15) is 8.78 Å². The van der Waals surface area contributed by atoms with Crippen LogP contribution in [0.3, 0.4) is 0 Å². The lowest BCUT2D eigenvalue weighted by molar-refractivity contribution is -0.139. The topological polar surface area (TPSA) is 35.5 Å². The van der Waals surface area contributed by atoms with Gasteiger partial charge in [0, 0.05) is 5.88 Å². The van der Waals surface area contributed by atoms with Gasteiger partial charge >= 0.3 is 12.6 Å². The number of hydrogen-bond donors (Lipinski definition) is 0. The number of halogens is 3. The summed E-state index contributed by atoms with van der Waals surface area (Å²) < 4.78 is 33.4. The molecule has 0 radical (unpaired) electrons. The molecular weight excluding hydrogens is 266 g/mol. The van der Waals surface area contributed by atoms with E-state index in [0.717, 1.165) is 0 Å². The molecule has 0 aliphatic carbocycles. The minimum absolute atomic E-state index is 0.00728. The highest BCUT2D eigenvalue weighted by atomic mass is 35.5. The maximum atomic E-state index is 12.2. The summed E-state index contributed by atoms with van der Waals surface area (Å²) in [4.78, 5) is 11.2. The van der Waals surface area contributed by atoms with E-state index in [1.807, 2.05) is 0 Å². The molecule has 0 saturated carbocycles. The molecule has 1 rings (SSSR count). The quantitative estimate of drug-likeness (QED) is 0.613. The summed E-state index contributed by atoms with van der Waals surface area (Å²) in [6, 6.07) is 3.12. The summed E-state index contributed by atoms with van der Waals surface area (Å²) in [7, 11) is 1.26. The van der Waals surface area contributed by atoms with E-state index in [9.17, 15) is 13.6 Å². The predicted octanol–water partition coefficient (Wildman–Crippen LogP) is 3.05. The predicted molar refractivity (Wildman–Crippen MR) is 63.1 cm³/mol. The molecule has 0 amide bonds. The summed E-state index contributed by atoms with van der Waals surface area (Å²) in [6.07, 6.45) is -0.00728. The number of ether oxygens (including phenoxy) is 2. The second-order valence-corrected chi connectivity index (χ2v) is 3.91. The van der Waals surface area contributed by atoms with Gasteiger partial charge in [-0.15, -0.1) is 11.6 Å². The minimum atomic E-state index is -2.92. The van der Waals surface area contributed by atoms with Gasteiger partial charge in [-0.1, -0.05) is 6.07 Å². The van der Waals surface area contributed by atoms with Gasteiger partial charge in [-0.25, -0.2) is 0 Å². The second-order valence-electron chi connectivity index (χ2n) is 3.64. The van der Waals surface area contributed by atoms with Crippen LogP contribution in [0.25, 0.3) is 0 Å². The molecule has 0 N–H and O–H groups in total. The first kappa shape index (κ1) is 14.7. The van der Waals surface area contributed by atoms with E-state index < -0.39 is 12.6 Å². The molecule has 0 atom stereocenters. The van der Waals surface area contributed by atoms with Gasteiger partial charge in [0.25, 0.3) is 0 Å². The number of methoxy groups -OCH3 is 1. The Morgan fingerprint density at radius 1 is 1.44 bits per heavy atom. The van der Waals surface area contributed by atoms with Crippen molar-refractivity contribution in [3.05, 3.63) is 28.8 Å². The molecule has 0 aliphatic heterocycles. The van der Waals surface area contributed by atoms with Crippen LogP contribution < -0.4 is 4.74 Å². The average Bonchev–Trinajstić information content (AvgIpc) is 2.33. The van der Waals surface area contributed by atoms with Crippen LogP contribution in [-0.4, -0.2) is 19.7 Å². The molecule has 0 fully saturated rings. The normalized spacial score (nSPS) is 10.6. The van der Waals surface area contributed by atoms with Crippen LogP contribution in [0.2, 0.25) is 0 Å². The lowest BCUT2D eigenvalue weighted by Crippen LogP contribution is -2.09. The maximum Gasteiger partial charge on any atom is 0.387 e. The average molecular weight is 279 g/mol. The van der Waals surface area contributed by atoms with Crippen LogP contribution in [-0.2, 0) is 21.8 Å². The third kappa shape index (κ3) is 3.84. The van der Waals surface area contributed by atoms with Crippen LogP contribution in [0.4, 0.5) is 8.78 Å². The zero-order chi connectivity index (χ0) is 13.7. The Morgan fingerprint density at radius 3 is 2.61 bits per heavy atom. The highest BCUT2D eigenvalue weighted by molar-refractivity contribution is 6.17. The maximum absolute atomic E-state index is 12.2. The SMILES string of the molecule is COC(=O)Cc1cc(CCl)cc(OC(F)F)c1C. The lowest BCUT2D eigenvalue weighted by atomic mass is 10.0. The molecule has 0 aliphatic rings. The zero-order valence-electron chi connectivity index (χ0n) is 10.0. The number of esters is 1. The molecule has 1 aromatic rings. The van der Waals surface area contributed by atoms with Crippen molar-refractivity contribution in [2.75, 3.05) is 7.11 Å². The Kier molecular flexibility index (Phi) is 5.34. The first-order valence-corrected chi connectivity index (χ1v) is 5.71. The van der Waals surface area contributed by atoms with Crippen molar-refractivity contribution in [1.29, 1.82) is 0 Å². The van der Waals surface area contributed by atoms with Gasteiger partial charge in [-0.05, 0) is 29.7 Å². The van der Waals surface area contributed by atoms with Crippen molar-refractivity contribution in [3.8, 4) is 5.75 Å². The van der Waals surface area contributed by atoms with Crippen molar-refractivity contribution in [2.24, 2.45) is 0 Å². The van der Waals surface area contributed by atoms with E-state index >= 15 is 0 Å². The lowest BCUT2D eigenvalue weighted by Gasteiger charge is -2.13. The van der Waals surface area contributed by atoms with E-state index in [-0.39, 0.29) is 18.1 Å². The molecular formula is C12H13ClF2O3. The van der Waals surface area contributed by atoms with Crippen molar-refractivity contribution >= 4 is 17.6 Å². The summed E-state index contributed by atoms with van der Waals surface area (Å²) in [5.41, 5.74) is 1.65. The second kappa shape index (κ2) is 6.54. The van der Waals surface area contributed by atoms with Crippen LogP contribution >= 0.6 is 11.6 Å². The number of carbonyl (C=O) groups excluding carboxylic acids is 1. The third-order valence-corrected chi connectivity index (χ3v) is 2.77. The van der Waals surface area contributed by atoms with Crippen molar-refractivity contribution in [2.45, 2.75) is 25.8 Å². The Labute approximate surface area is 109 Å². The van der Waals surface area contributed by atoms with Gasteiger partial charge in [-0.3, -0.25) is 4.79 Å². The molecule has 100 valence electrons. The highest BCUT2D eigenvalue weighted by Gasteiger charge is 2.14. The molecule has 6 heteroatoms. The highest BCUT2D eigenvalue weighted by Crippen LogP contribution is 2.27. The van der Waals surface area contributed by atoms with Gasteiger partial charge in [0.1, 0.15) is 5.75 Å². The standard InChI is InChI=1S/C12H13ClF2O3/c1-7-9(5-11(16)17-2)3-8(6-13)4-10(7)18-12(14)15/h3-4,12H,5-6H2,1-2H3. The number of benzene rings is 1. The smallest absolute Gasteiger partial charge is 0.387 e. The van der Waals surface area contributed by atoms with Gasteiger partial charge in [0.15, 0.2) is 0 Å². The first-order valence-electron chi connectivity index (χ1n) is 5.18. The van der Waals surface area contributed by atoms with E-state index in [0.29, 0.717) is 16.7 Å². The molecule has 3 nitrogen and oxygen atoms in total. The Hall–Kier alpha value is -1.36. The number of alkyl halides is 3. The monoisotopic (exact) mass is 278 g/mol. The molecule has 18 heavy (non-hydrogen) atoms. The summed E-state index contributed by atoms with van der Waals surface area (Å²) >= 11 is 5.67. The van der Waals surface area contributed by atoms with Crippen LogP contribution in [0.5, 0.6) is 5.75 Å². The molecule has 0 saturated heterocycles. The molecule has 0 spiro atoms. The molecule has 0 unspecified atom stereocenters. The van der Waals surface area contributed by atoms with Gasteiger partial charge < -0.3 is 9.47 Å².